The average molecular weight is 402 g/mol. The molecule has 0 atom stereocenters. The predicted octanol–water partition coefficient (Wildman–Crippen LogP) is 4.29. The zero-order valence-electron chi connectivity index (χ0n) is 18.0. The van der Waals surface area contributed by atoms with Gasteiger partial charge in [-0.25, -0.2) is 19.9 Å². The van der Waals surface area contributed by atoms with Crippen molar-refractivity contribution < 1.29 is 0 Å². The lowest BCUT2D eigenvalue weighted by Gasteiger charge is -2.18. The smallest absolute Gasteiger partial charge is 0.177 e. The van der Waals surface area contributed by atoms with Crippen molar-refractivity contribution in [3.05, 3.63) is 50.8 Å². The average Bonchev–Trinajstić information content (AvgIpc) is 2.74. The summed E-state index contributed by atoms with van der Waals surface area (Å²) in [4.78, 5) is 18.9. The summed E-state index contributed by atoms with van der Waals surface area (Å²) in [6.45, 7) is 14.4. The summed E-state index contributed by atoms with van der Waals surface area (Å²) in [6, 6.07) is 6.12. The lowest BCUT2D eigenvalue weighted by atomic mass is 9.88. The molecule has 0 amide bonds. The standard InChI is InChI=1S/C25H18N6/c1-10-7-11(2)19-21-18(10)24-22(28-14(5)15(6)29-24)12(3)20(21)13(4)23-25(19)31-17(9-27)16(8-26)30-23/h7H,3H2,1-2,4-6H3. The highest BCUT2D eigenvalue weighted by molar-refractivity contribution is 6.28. The van der Waals surface area contributed by atoms with E-state index in [0.29, 0.717) is 11.0 Å². The number of hydrogen-bond acceptors (Lipinski definition) is 6. The van der Waals surface area contributed by atoms with Crippen molar-refractivity contribution in [2.45, 2.75) is 34.6 Å². The van der Waals surface area contributed by atoms with Gasteiger partial charge in [0.15, 0.2) is 11.4 Å². The Hall–Kier alpha value is -4.16. The molecule has 148 valence electrons. The van der Waals surface area contributed by atoms with E-state index in [2.05, 4.69) is 29.5 Å². The predicted molar refractivity (Wildman–Crippen MR) is 122 cm³/mol. The Balaban J connectivity index is 2.25. The molecule has 0 saturated heterocycles. The van der Waals surface area contributed by atoms with E-state index in [1.807, 2.05) is 39.8 Å². The van der Waals surface area contributed by atoms with Gasteiger partial charge in [-0.1, -0.05) is 12.6 Å². The molecule has 0 aliphatic rings. The Morgan fingerprint density at radius 3 is 1.68 bits per heavy atom. The topological polar surface area (TPSA) is 99.1 Å². The Labute approximate surface area is 178 Å². The largest absolute Gasteiger partial charge is 0.249 e. The van der Waals surface area contributed by atoms with Crippen LogP contribution in [0.1, 0.15) is 39.5 Å². The molecule has 6 nitrogen and oxygen atoms in total. The number of nitrogens with zero attached hydrogens (tertiary/aromatic N) is 6. The number of fused-ring (bicyclic) bond motifs is 4. The van der Waals surface area contributed by atoms with Crippen molar-refractivity contribution in [2.24, 2.45) is 0 Å². The van der Waals surface area contributed by atoms with Crippen LogP contribution in [0, 0.1) is 57.3 Å². The summed E-state index contributed by atoms with van der Waals surface area (Å²) >= 11 is 0. The molecule has 31 heavy (non-hydrogen) atoms. The molecule has 0 saturated carbocycles. The van der Waals surface area contributed by atoms with Gasteiger partial charge in [-0.15, -0.1) is 0 Å². The molecule has 0 aliphatic heterocycles. The molecule has 5 aromatic rings. The maximum Gasteiger partial charge on any atom is 0.177 e. The second-order valence-corrected chi connectivity index (χ2v) is 8.05. The van der Waals surface area contributed by atoms with Crippen molar-refractivity contribution >= 4 is 50.2 Å². The number of benzene rings is 3. The summed E-state index contributed by atoms with van der Waals surface area (Å²) in [5.74, 6) is 0. The molecule has 0 radical (unpaired) electrons. The van der Waals surface area contributed by atoms with Gasteiger partial charge in [0.05, 0.1) is 33.5 Å². The third-order valence-electron chi connectivity index (χ3n) is 6.18. The van der Waals surface area contributed by atoms with Crippen molar-refractivity contribution in [3.8, 4) is 12.1 Å². The lowest BCUT2D eigenvalue weighted by molar-refractivity contribution is 1.10. The van der Waals surface area contributed by atoms with Gasteiger partial charge in [0.2, 0.25) is 0 Å². The van der Waals surface area contributed by atoms with Gasteiger partial charge in [-0.05, 0) is 56.7 Å². The molecule has 5 rings (SSSR count). The Kier molecular flexibility index (Phi) is 3.75. The van der Waals surface area contributed by atoms with Crippen LogP contribution in [0.3, 0.4) is 0 Å². The Morgan fingerprint density at radius 2 is 1.13 bits per heavy atom. The lowest BCUT2D eigenvalue weighted by Crippen LogP contribution is -2.12. The first kappa shape index (κ1) is 18.8. The van der Waals surface area contributed by atoms with E-state index in [1.54, 1.807) is 0 Å². The van der Waals surface area contributed by atoms with Crippen LogP contribution in [-0.4, -0.2) is 19.9 Å². The molecular formula is C25H18N6. The molecule has 2 aromatic heterocycles. The minimum atomic E-state index is 0.0303. The van der Waals surface area contributed by atoms with E-state index in [1.165, 1.54) is 0 Å². The van der Waals surface area contributed by atoms with Crippen LogP contribution in [0.15, 0.2) is 6.07 Å². The fraction of sp³-hybridized carbons (Fsp3) is 0.200. The number of aromatic nitrogens is 4. The second kappa shape index (κ2) is 6.17. The van der Waals surface area contributed by atoms with E-state index in [4.69, 9.17) is 9.97 Å². The van der Waals surface area contributed by atoms with Crippen LogP contribution in [0.5, 0.6) is 0 Å². The van der Waals surface area contributed by atoms with Crippen LogP contribution in [0.25, 0.3) is 50.2 Å². The first-order chi connectivity index (χ1) is 14.8. The zero-order chi connectivity index (χ0) is 22.2. The monoisotopic (exact) mass is 402 g/mol. The van der Waals surface area contributed by atoms with E-state index in [0.717, 1.165) is 65.9 Å². The van der Waals surface area contributed by atoms with Gasteiger partial charge in [-0.2, -0.15) is 10.5 Å². The summed E-state index contributed by atoms with van der Waals surface area (Å²) < 4.78 is 0. The van der Waals surface area contributed by atoms with Crippen molar-refractivity contribution in [2.75, 3.05) is 0 Å². The Morgan fingerprint density at radius 1 is 0.645 bits per heavy atom. The molecule has 0 spiro atoms. The van der Waals surface area contributed by atoms with E-state index < -0.39 is 0 Å². The van der Waals surface area contributed by atoms with Gasteiger partial charge in [0.1, 0.15) is 12.1 Å². The fourth-order valence-corrected chi connectivity index (χ4v) is 4.67. The van der Waals surface area contributed by atoms with Gasteiger partial charge in [-0.3, -0.25) is 0 Å². The number of aryl methyl sites for hydroxylation is 5. The normalized spacial score (nSPS) is 11.5. The highest BCUT2D eigenvalue weighted by Crippen LogP contribution is 2.39. The van der Waals surface area contributed by atoms with E-state index in [-0.39, 0.29) is 11.4 Å². The molecule has 0 aliphatic carbocycles. The SMILES string of the molecule is C=c1c2nc(C)c(C)nc2c2c(C)cc(C)c3c4nc(C#N)c(C#N)nc4c(C)c1c32. The summed E-state index contributed by atoms with van der Waals surface area (Å²) in [5.41, 5.74) is 7.64. The van der Waals surface area contributed by atoms with Crippen LogP contribution in [0.4, 0.5) is 0 Å². The Bertz CT molecular complexity index is 1770. The van der Waals surface area contributed by atoms with Gasteiger partial charge >= 0.3 is 0 Å². The van der Waals surface area contributed by atoms with Gasteiger partial charge < -0.3 is 0 Å². The molecule has 3 aromatic carbocycles. The van der Waals surface area contributed by atoms with E-state index >= 15 is 0 Å². The zero-order valence-corrected chi connectivity index (χ0v) is 18.0. The van der Waals surface area contributed by atoms with Gasteiger partial charge in [0.25, 0.3) is 0 Å². The minimum absolute atomic E-state index is 0.0303. The minimum Gasteiger partial charge on any atom is -0.249 e. The van der Waals surface area contributed by atoms with E-state index in [9.17, 15) is 10.5 Å². The molecule has 0 unspecified atom stereocenters. The van der Waals surface area contributed by atoms with Crippen LogP contribution >= 0.6 is 0 Å². The first-order valence-electron chi connectivity index (χ1n) is 9.92. The molecule has 6 heteroatoms. The molecular weight excluding hydrogens is 384 g/mol. The molecule has 0 fully saturated rings. The number of hydrogen-bond donors (Lipinski definition) is 0. The summed E-state index contributed by atoms with van der Waals surface area (Å²) in [7, 11) is 0. The molecule has 2 heterocycles. The third kappa shape index (κ3) is 2.30. The first-order valence-corrected chi connectivity index (χ1v) is 9.92. The van der Waals surface area contributed by atoms with Crippen molar-refractivity contribution in [1.29, 1.82) is 10.5 Å². The highest BCUT2D eigenvalue weighted by Gasteiger charge is 2.22. The molecule has 0 N–H and O–H groups in total. The second-order valence-electron chi connectivity index (χ2n) is 8.05. The maximum absolute atomic E-state index is 9.52. The number of nitriles is 2. The fourth-order valence-electron chi connectivity index (χ4n) is 4.67. The number of rotatable bonds is 0. The van der Waals surface area contributed by atoms with Crippen molar-refractivity contribution in [3.63, 3.8) is 0 Å². The molecule has 0 bridgehead atoms. The summed E-state index contributed by atoms with van der Waals surface area (Å²) in [6.07, 6.45) is 0. The highest BCUT2D eigenvalue weighted by atomic mass is 14.8. The van der Waals surface area contributed by atoms with Crippen LogP contribution < -0.4 is 5.22 Å². The maximum atomic E-state index is 9.52. The van der Waals surface area contributed by atoms with Crippen LogP contribution in [-0.2, 0) is 0 Å². The van der Waals surface area contributed by atoms with Crippen molar-refractivity contribution in [1.82, 2.24) is 19.9 Å². The quantitative estimate of drug-likeness (QED) is 0.283. The van der Waals surface area contributed by atoms with Gasteiger partial charge in [0, 0.05) is 21.4 Å². The van der Waals surface area contributed by atoms with Crippen LogP contribution in [0.2, 0.25) is 0 Å². The summed E-state index contributed by atoms with van der Waals surface area (Å²) in [5, 5.41) is 23.7. The third-order valence-corrected chi connectivity index (χ3v) is 6.18.